The van der Waals surface area contributed by atoms with Gasteiger partial charge in [-0.25, -0.2) is 4.98 Å². The lowest BCUT2D eigenvalue weighted by molar-refractivity contribution is -0.187. The molecule has 2 bridgehead atoms. The Balaban J connectivity index is 1.74. The molecule has 1 aliphatic carbocycles. The van der Waals surface area contributed by atoms with E-state index in [0.29, 0.717) is 18.0 Å². The lowest BCUT2D eigenvalue weighted by Crippen LogP contribution is -2.44. The van der Waals surface area contributed by atoms with Gasteiger partial charge in [0, 0.05) is 24.2 Å². The van der Waals surface area contributed by atoms with E-state index < -0.39 is 12.1 Å². The van der Waals surface area contributed by atoms with Gasteiger partial charge in [0.25, 0.3) is 0 Å². The number of aryl methyl sites for hydroxylation is 1. The number of alkyl halides is 3. The van der Waals surface area contributed by atoms with Gasteiger partial charge in [0.1, 0.15) is 5.15 Å². The topological polar surface area (TPSA) is 33.2 Å². The average molecular weight is 331 g/mol. The van der Waals surface area contributed by atoms with Gasteiger partial charge in [-0.2, -0.15) is 13.2 Å². The van der Waals surface area contributed by atoms with E-state index in [9.17, 15) is 18.0 Å². The van der Waals surface area contributed by atoms with E-state index in [0.717, 1.165) is 28.9 Å². The molecule has 22 heavy (non-hydrogen) atoms. The zero-order valence-corrected chi connectivity index (χ0v) is 12.4. The summed E-state index contributed by atoms with van der Waals surface area (Å²) in [7, 11) is 0. The summed E-state index contributed by atoms with van der Waals surface area (Å²) >= 11 is 5.91. The summed E-state index contributed by atoms with van der Waals surface area (Å²) in [5.41, 5.74) is 2.04. The van der Waals surface area contributed by atoms with Gasteiger partial charge in [0.15, 0.2) is 0 Å². The van der Waals surface area contributed by atoms with Crippen molar-refractivity contribution in [3.63, 3.8) is 0 Å². The van der Waals surface area contributed by atoms with Crippen molar-refractivity contribution in [3.8, 4) is 0 Å². The smallest absolute Gasteiger partial charge is 0.328 e. The second-order valence-corrected chi connectivity index (χ2v) is 6.74. The maximum absolute atomic E-state index is 12.9. The Bertz CT molecular complexity index is 648. The second kappa shape index (κ2) is 4.60. The van der Waals surface area contributed by atoms with Gasteiger partial charge in [-0.15, -0.1) is 0 Å². The van der Waals surface area contributed by atoms with Crippen LogP contribution >= 0.6 is 11.6 Å². The fourth-order valence-electron chi connectivity index (χ4n) is 4.74. The Labute approximate surface area is 130 Å². The Kier molecular flexibility index (Phi) is 2.99. The van der Waals surface area contributed by atoms with E-state index in [1.807, 2.05) is 0 Å². The first-order chi connectivity index (χ1) is 10.4. The van der Waals surface area contributed by atoms with Crippen LogP contribution in [0.3, 0.4) is 0 Å². The molecule has 0 spiro atoms. The molecule has 0 unspecified atom stereocenters. The third kappa shape index (κ3) is 1.89. The lowest BCUT2D eigenvalue weighted by Gasteiger charge is -2.34. The molecule has 0 N–H and O–H groups in total. The normalized spacial score (nSPS) is 32.8. The molecule has 1 aromatic rings. The first kappa shape index (κ1) is 14.3. The fraction of sp³-hybridized carbons (Fsp3) is 0.600. The molecule has 118 valence electrons. The van der Waals surface area contributed by atoms with Crippen molar-refractivity contribution in [1.82, 2.24) is 9.88 Å². The maximum atomic E-state index is 12.9. The molecule has 0 radical (unpaired) electrons. The summed E-state index contributed by atoms with van der Waals surface area (Å²) in [4.78, 5) is 17.0. The number of hydrogen-bond donors (Lipinski definition) is 0. The number of nitrogens with zero attached hydrogens (tertiary/aromatic N) is 2. The molecule has 3 nitrogen and oxygen atoms in total. The minimum absolute atomic E-state index is 0.0291. The van der Waals surface area contributed by atoms with E-state index >= 15 is 0 Å². The summed E-state index contributed by atoms with van der Waals surface area (Å²) in [6.07, 6.45) is -0.211. The number of amides is 1. The lowest BCUT2D eigenvalue weighted by atomic mass is 9.69. The monoisotopic (exact) mass is 330 g/mol. The van der Waals surface area contributed by atoms with Gasteiger partial charge in [-0.1, -0.05) is 11.6 Å². The molecule has 3 heterocycles. The van der Waals surface area contributed by atoms with E-state index in [1.165, 1.54) is 0 Å². The molecule has 0 saturated carbocycles. The number of halogens is 4. The van der Waals surface area contributed by atoms with Crippen molar-refractivity contribution in [3.05, 3.63) is 28.5 Å². The van der Waals surface area contributed by atoms with Crippen molar-refractivity contribution < 1.29 is 18.0 Å². The van der Waals surface area contributed by atoms with Gasteiger partial charge in [-0.05, 0) is 48.8 Å². The van der Waals surface area contributed by atoms with Crippen molar-refractivity contribution >= 4 is 17.5 Å². The molecule has 4 rings (SSSR count). The van der Waals surface area contributed by atoms with Gasteiger partial charge in [0.05, 0.1) is 0 Å². The summed E-state index contributed by atoms with van der Waals surface area (Å²) in [6.45, 7) is 0. The first-order valence-corrected chi connectivity index (χ1v) is 7.79. The summed E-state index contributed by atoms with van der Waals surface area (Å²) in [5, 5.41) is 0.406. The van der Waals surface area contributed by atoms with Gasteiger partial charge in [0.2, 0.25) is 0 Å². The highest BCUT2D eigenvalue weighted by atomic mass is 35.5. The minimum atomic E-state index is -4.80. The quantitative estimate of drug-likeness (QED) is 0.684. The van der Waals surface area contributed by atoms with Crippen LogP contribution in [0.5, 0.6) is 0 Å². The molecule has 7 heteroatoms. The highest BCUT2D eigenvalue weighted by molar-refractivity contribution is 6.29. The van der Waals surface area contributed by atoms with E-state index in [2.05, 4.69) is 4.98 Å². The molecule has 4 atom stereocenters. The number of hydrogen-bond acceptors (Lipinski definition) is 2. The summed E-state index contributed by atoms with van der Waals surface area (Å²) < 4.78 is 38.6. The molecular formula is C15H14ClF3N2O. The van der Waals surface area contributed by atoms with Gasteiger partial charge in [-0.3, -0.25) is 4.79 Å². The van der Waals surface area contributed by atoms with Crippen LogP contribution in [0, 0.1) is 5.92 Å². The molecule has 2 aliphatic heterocycles. The average Bonchev–Trinajstić information content (AvgIpc) is 3.01. The predicted molar refractivity (Wildman–Crippen MR) is 73.5 cm³/mol. The molecule has 2 saturated heterocycles. The summed E-state index contributed by atoms with van der Waals surface area (Å²) in [6, 6.07) is 1.16. The van der Waals surface area contributed by atoms with Crippen LogP contribution in [0.25, 0.3) is 0 Å². The number of aromatic nitrogens is 1. The van der Waals surface area contributed by atoms with Gasteiger partial charge >= 0.3 is 12.1 Å². The van der Waals surface area contributed by atoms with Crippen molar-refractivity contribution in [1.29, 1.82) is 0 Å². The summed E-state index contributed by atoms with van der Waals surface area (Å²) in [5.74, 6) is -1.60. The molecule has 2 fully saturated rings. The van der Waals surface area contributed by atoms with Crippen LogP contribution in [0.4, 0.5) is 13.2 Å². The van der Waals surface area contributed by atoms with Crippen molar-refractivity contribution in [2.24, 2.45) is 5.92 Å². The van der Waals surface area contributed by atoms with Gasteiger partial charge < -0.3 is 4.90 Å². The number of rotatable bonds is 0. The van der Waals surface area contributed by atoms with Crippen LogP contribution in [0.2, 0.25) is 5.15 Å². The molecule has 1 aromatic heterocycles. The molecule has 3 aliphatic rings. The van der Waals surface area contributed by atoms with Crippen LogP contribution in [0.15, 0.2) is 12.3 Å². The fourth-order valence-corrected chi connectivity index (χ4v) is 4.92. The minimum Gasteiger partial charge on any atom is -0.328 e. The van der Waals surface area contributed by atoms with Crippen LogP contribution in [-0.4, -0.2) is 34.1 Å². The van der Waals surface area contributed by atoms with Crippen molar-refractivity contribution in [2.75, 3.05) is 0 Å². The number of carbonyl (C=O) groups is 1. The Morgan fingerprint density at radius 1 is 1.27 bits per heavy atom. The second-order valence-electron chi connectivity index (χ2n) is 6.36. The molecule has 0 aromatic carbocycles. The molecular weight excluding hydrogens is 317 g/mol. The van der Waals surface area contributed by atoms with Crippen LogP contribution in [-0.2, 0) is 11.2 Å². The SMILES string of the molecule is O=C(N1[C@@H]2CC[C@H]1[C@@H]1CCc3cc(Cl)ncc3[C@@H]12)C(F)(F)F. The third-order valence-corrected chi connectivity index (χ3v) is 5.62. The van der Waals surface area contributed by atoms with Crippen LogP contribution in [0.1, 0.15) is 36.3 Å². The number of fused-ring (bicyclic) bond motifs is 7. The third-order valence-electron chi connectivity index (χ3n) is 5.42. The Hall–Kier alpha value is -1.30. The number of pyridine rings is 1. The molecule has 1 amide bonds. The standard InChI is InChI=1S/C15H14ClF3N2O/c16-12-5-7-1-2-8-10-3-4-11(13(8)9(7)6-20-12)21(10)14(22)15(17,18)19/h5-6,8,10-11,13H,1-4H2/t8-,10-,11+,13+/m0/s1. The highest BCUT2D eigenvalue weighted by Crippen LogP contribution is 2.55. The highest BCUT2D eigenvalue weighted by Gasteiger charge is 2.60. The van der Waals surface area contributed by atoms with E-state index in [-0.39, 0.29) is 23.9 Å². The van der Waals surface area contributed by atoms with E-state index in [4.69, 9.17) is 11.6 Å². The number of carbonyl (C=O) groups excluding carboxylic acids is 1. The zero-order valence-electron chi connectivity index (χ0n) is 11.6. The first-order valence-electron chi connectivity index (χ1n) is 7.41. The van der Waals surface area contributed by atoms with Crippen molar-refractivity contribution in [2.45, 2.75) is 49.9 Å². The Morgan fingerprint density at radius 2 is 2.00 bits per heavy atom. The van der Waals surface area contributed by atoms with Crippen LogP contribution < -0.4 is 0 Å². The predicted octanol–water partition coefficient (Wildman–Crippen LogP) is 3.32. The van der Waals surface area contributed by atoms with E-state index in [1.54, 1.807) is 12.3 Å². The maximum Gasteiger partial charge on any atom is 0.471 e. The Morgan fingerprint density at radius 3 is 2.73 bits per heavy atom. The largest absolute Gasteiger partial charge is 0.471 e. The zero-order chi connectivity index (χ0) is 15.6.